The molecule has 0 aliphatic rings. The third kappa shape index (κ3) is 6.18. The SMILES string of the molecule is c1cc(-c2ccc(-c3ccc4ccccc4c3)cc2)cc(N(c2ccc(-c3cccc4c3oc3ccccc34)cc2)c2ccccc2-c2ccc3c(c2)sc2ccccc23)c1. The van der Waals surface area contributed by atoms with E-state index in [0.29, 0.717) is 0 Å². The second kappa shape index (κ2) is 14.5. The summed E-state index contributed by atoms with van der Waals surface area (Å²) < 4.78 is 9.06. The van der Waals surface area contributed by atoms with Crippen molar-refractivity contribution in [1.29, 1.82) is 0 Å². The van der Waals surface area contributed by atoms with Crippen molar-refractivity contribution in [2.75, 3.05) is 4.90 Å². The maximum absolute atomic E-state index is 6.46. The van der Waals surface area contributed by atoms with E-state index in [0.717, 1.165) is 55.7 Å². The highest BCUT2D eigenvalue weighted by molar-refractivity contribution is 7.25. The highest BCUT2D eigenvalue weighted by atomic mass is 32.1. The first-order valence-corrected chi connectivity index (χ1v) is 21.5. The van der Waals surface area contributed by atoms with Gasteiger partial charge in [0.05, 0.1) is 5.69 Å². The lowest BCUT2D eigenvalue weighted by atomic mass is 9.97. The third-order valence-corrected chi connectivity index (χ3v) is 13.2. The number of hydrogen-bond donors (Lipinski definition) is 0. The smallest absolute Gasteiger partial charge is 0.143 e. The Morgan fingerprint density at radius 1 is 0.328 bits per heavy atom. The number of fused-ring (bicyclic) bond motifs is 7. The van der Waals surface area contributed by atoms with Crippen molar-refractivity contribution in [3.8, 4) is 44.5 Å². The molecule has 3 heteroatoms. The fraction of sp³-hybridized carbons (Fsp3) is 0. The topological polar surface area (TPSA) is 16.4 Å². The lowest BCUT2D eigenvalue weighted by Gasteiger charge is -2.28. The van der Waals surface area contributed by atoms with Crippen LogP contribution in [0.25, 0.3) is 97.4 Å². The monoisotopic (exact) mass is 795 g/mol. The van der Waals surface area contributed by atoms with Gasteiger partial charge in [-0.1, -0.05) is 170 Å². The van der Waals surface area contributed by atoms with Crippen LogP contribution in [0.3, 0.4) is 0 Å². The van der Waals surface area contributed by atoms with Crippen LogP contribution in [0.4, 0.5) is 17.1 Å². The predicted octanol–water partition coefficient (Wildman–Crippen LogP) is 17.2. The minimum absolute atomic E-state index is 0.904. The zero-order valence-corrected chi connectivity index (χ0v) is 33.9. The third-order valence-electron chi connectivity index (χ3n) is 12.1. The molecule has 12 aromatic rings. The van der Waals surface area contributed by atoms with Crippen LogP contribution in [0.5, 0.6) is 0 Å². The van der Waals surface area contributed by atoms with Crippen LogP contribution in [0, 0.1) is 0 Å². The van der Waals surface area contributed by atoms with Crippen LogP contribution in [-0.4, -0.2) is 0 Å². The van der Waals surface area contributed by atoms with E-state index in [1.165, 1.54) is 58.8 Å². The van der Waals surface area contributed by atoms with Crippen molar-refractivity contribution in [1.82, 2.24) is 0 Å². The van der Waals surface area contributed by atoms with Crippen molar-refractivity contribution in [3.05, 3.63) is 224 Å². The van der Waals surface area contributed by atoms with Gasteiger partial charge in [-0.05, 0) is 98.8 Å². The van der Waals surface area contributed by atoms with Crippen LogP contribution < -0.4 is 4.90 Å². The molecule has 2 aromatic heterocycles. The van der Waals surface area contributed by atoms with Gasteiger partial charge in [0.2, 0.25) is 0 Å². The van der Waals surface area contributed by atoms with Crippen molar-refractivity contribution < 1.29 is 4.42 Å². The molecule has 0 amide bonds. The van der Waals surface area contributed by atoms with E-state index in [9.17, 15) is 0 Å². The van der Waals surface area contributed by atoms with E-state index < -0.39 is 0 Å². The molecule has 0 spiro atoms. The van der Waals surface area contributed by atoms with E-state index in [1.54, 1.807) is 0 Å². The highest BCUT2D eigenvalue weighted by Gasteiger charge is 2.20. The number of nitrogens with zero attached hydrogens (tertiary/aromatic N) is 1. The van der Waals surface area contributed by atoms with Gasteiger partial charge in [0.15, 0.2) is 0 Å². The fourth-order valence-corrected chi connectivity index (χ4v) is 10.2. The van der Waals surface area contributed by atoms with Crippen molar-refractivity contribution in [3.63, 3.8) is 0 Å². The average Bonchev–Trinajstić information content (AvgIpc) is 3.90. The van der Waals surface area contributed by atoms with Crippen molar-refractivity contribution in [2.45, 2.75) is 0 Å². The molecule has 0 bridgehead atoms. The average molecular weight is 796 g/mol. The zero-order chi connectivity index (χ0) is 40.3. The quantitative estimate of drug-likeness (QED) is 0.160. The molecule has 12 rings (SSSR count). The van der Waals surface area contributed by atoms with Crippen molar-refractivity contribution >= 4 is 81.3 Å². The Morgan fingerprint density at radius 2 is 0.951 bits per heavy atom. The molecule has 2 heterocycles. The van der Waals surface area contributed by atoms with Crippen molar-refractivity contribution in [2.24, 2.45) is 0 Å². The molecule has 0 atom stereocenters. The Labute approximate surface area is 357 Å². The molecule has 0 radical (unpaired) electrons. The first-order valence-electron chi connectivity index (χ1n) is 20.7. The molecular weight excluding hydrogens is 759 g/mol. The lowest BCUT2D eigenvalue weighted by molar-refractivity contribution is 0.670. The minimum Gasteiger partial charge on any atom is -0.455 e. The van der Waals surface area contributed by atoms with Gasteiger partial charge in [0.25, 0.3) is 0 Å². The normalized spacial score (nSPS) is 11.6. The molecule has 0 fully saturated rings. The van der Waals surface area contributed by atoms with Gasteiger partial charge in [0.1, 0.15) is 11.2 Å². The number of thiophene rings is 1. The minimum atomic E-state index is 0.904. The van der Waals surface area contributed by atoms with Crippen LogP contribution >= 0.6 is 11.3 Å². The molecule has 0 unspecified atom stereocenters. The number of anilines is 3. The Kier molecular flexibility index (Phi) is 8.39. The molecular formula is C58H37NOS. The Bertz CT molecular complexity index is 3590. The summed E-state index contributed by atoms with van der Waals surface area (Å²) in [5.41, 5.74) is 14.4. The lowest BCUT2D eigenvalue weighted by Crippen LogP contribution is -2.11. The van der Waals surface area contributed by atoms with Gasteiger partial charge in [-0.3, -0.25) is 0 Å². The molecule has 0 aliphatic carbocycles. The number of furan rings is 1. The van der Waals surface area contributed by atoms with Gasteiger partial charge in [0, 0.05) is 53.4 Å². The second-order valence-corrected chi connectivity index (χ2v) is 16.8. The summed E-state index contributed by atoms with van der Waals surface area (Å²) in [5.74, 6) is 0. The highest BCUT2D eigenvalue weighted by Crippen LogP contribution is 2.45. The summed E-state index contributed by atoms with van der Waals surface area (Å²) in [5, 5.41) is 7.38. The number of hydrogen-bond acceptors (Lipinski definition) is 3. The van der Waals surface area contributed by atoms with Gasteiger partial charge in [-0.2, -0.15) is 0 Å². The Hall–Kier alpha value is -7.72. The number of benzene rings is 10. The summed E-state index contributed by atoms with van der Waals surface area (Å²) in [6, 6.07) is 81.3. The summed E-state index contributed by atoms with van der Waals surface area (Å²) in [6.45, 7) is 0. The van der Waals surface area contributed by atoms with Gasteiger partial charge in [-0.25, -0.2) is 0 Å². The largest absolute Gasteiger partial charge is 0.455 e. The Balaban J connectivity index is 0.971. The van der Waals surface area contributed by atoms with E-state index in [-0.39, 0.29) is 0 Å². The van der Waals surface area contributed by atoms with Crippen LogP contribution in [-0.2, 0) is 0 Å². The zero-order valence-electron chi connectivity index (χ0n) is 33.1. The molecule has 0 N–H and O–H groups in total. The maximum atomic E-state index is 6.46. The molecule has 0 saturated carbocycles. The van der Waals surface area contributed by atoms with E-state index >= 15 is 0 Å². The van der Waals surface area contributed by atoms with E-state index in [1.807, 2.05) is 23.5 Å². The molecule has 10 aromatic carbocycles. The molecule has 0 aliphatic heterocycles. The maximum Gasteiger partial charge on any atom is 0.143 e. The second-order valence-electron chi connectivity index (χ2n) is 15.7. The first-order chi connectivity index (χ1) is 30.2. The van der Waals surface area contributed by atoms with Crippen LogP contribution in [0.2, 0.25) is 0 Å². The van der Waals surface area contributed by atoms with Gasteiger partial charge >= 0.3 is 0 Å². The summed E-state index contributed by atoms with van der Waals surface area (Å²) in [6.07, 6.45) is 0. The summed E-state index contributed by atoms with van der Waals surface area (Å²) >= 11 is 1.86. The first kappa shape index (κ1) is 35.2. The van der Waals surface area contributed by atoms with Crippen LogP contribution in [0.15, 0.2) is 229 Å². The van der Waals surface area contributed by atoms with Gasteiger partial charge in [-0.15, -0.1) is 11.3 Å². The van der Waals surface area contributed by atoms with E-state index in [4.69, 9.17) is 4.42 Å². The van der Waals surface area contributed by atoms with E-state index in [2.05, 4.69) is 217 Å². The molecule has 2 nitrogen and oxygen atoms in total. The summed E-state index contributed by atoms with van der Waals surface area (Å²) in [7, 11) is 0. The standard InChI is InChI=1S/C58H37NOS/c1-2-12-42-35-44(28-27-38(42)11-1)40-25-23-39(24-26-40)43-13-9-14-47(36-43)59(46-32-29-41(30-33-46)49-18-10-19-53-50-16-4-7-21-55(50)60-58(49)53)54-20-6-3-15-48(54)45-31-34-52-51-17-5-8-22-56(51)61-57(52)37-45/h1-37H. The van der Waals surface area contributed by atoms with Crippen LogP contribution in [0.1, 0.15) is 0 Å². The number of rotatable bonds is 7. The van der Waals surface area contributed by atoms with Gasteiger partial charge < -0.3 is 9.32 Å². The fourth-order valence-electron chi connectivity index (χ4n) is 9.05. The molecule has 0 saturated heterocycles. The molecule has 286 valence electrons. The number of para-hydroxylation sites is 3. The predicted molar refractivity (Wildman–Crippen MR) is 261 cm³/mol. The Morgan fingerprint density at radius 3 is 1.82 bits per heavy atom. The molecule has 61 heavy (non-hydrogen) atoms. The summed E-state index contributed by atoms with van der Waals surface area (Å²) in [4.78, 5) is 2.41.